The van der Waals surface area contributed by atoms with Crippen molar-refractivity contribution in [2.75, 3.05) is 10.6 Å². The minimum atomic E-state index is -0.159. The predicted molar refractivity (Wildman–Crippen MR) is 160 cm³/mol. The molecule has 0 unspecified atom stereocenters. The standard InChI is InChI=1S/C32H26N4O4/c37-29(33-19-13-15-23-27(17-19)35-25-9-3-1-7-21(25)31(23)39)11-5-6-12-30(38)34-20-14-16-24-28(18-20)36-26-10-4-2-8-22(26)32(24)40/h1-4,7-10,13-18H,5-6,11-12H2,(H,33,37)(H,34,38)(H,35,39)(H,36,40). The third-order valence-corrected chi connectivity index (χ3v) is 7.04. The number of anilines is 2. The number of fused-ring (bicyclic) bond motifs is 4. The van der Waals surface area contributed by atoms with Gasteiger partial charge in [-0.25, -0.2) is 0 Å². The molecule has 0 aliphatic rings. The molecular formula is C32H26N4O4. The van der Waals surface area contributed by atoms with E-state index < -0.39 is 0 Å². The quantitative estimate of drug-likeness (QED) is 0.153. The Balaban J connectivity index is 1.02. The Labute approximate surface area is 228 Å². The number of unbranched alkanes of at least 4 members (excludes halogenated alkanes) is 1. The number of carbonyl (C=O) groups excluding carboxylic acids is 2. The lowest BCUT2D eigenvalue weighted by molar-refractivity contribution is -0.118. The summed E-state index contributed by atoms with van der Waals surface area (Å²) in [5, 5.41) is 8.12. The van der Waals surface area contributed by atoms with Gasteiger partial charge in [-0.15, -0.1) is 0 Å². The SMILES string of the molecule is O=C(CCCCC(=O)Nc1ccc2c(=O)c3ccccc3[nH]c2c1)Nc1ccc2c(=O)c3ccccc3[nH]c2c1. The number of benzene rings is 4. The largest absolute Gasteiger partial charge is 0.354 e. The highest BCUT2D eigenvalue weighted by Gasteiger charge is 2.10. The van der Waals surface area contributed by atoms with Crippen LogP contribution >= 0.6 is 0 Å². The van der Waals surface area contributed by atoms with Crippen molar-refractivity contribution in [2.45, 2.75) is 25.7 Å². The molecule has 0 radical (unpaired) electrons. The number of pyridine rings is 2. The van der Waals surface area contributed by atoms with Gasteiger partial charge in [-0.05, 0) is 73.5 Å². The first kappa shape index (κ1) is 25.1. The molecule has 0 aliphatic carbocycles. The molecule has 2 aromatic heterocycles. The molecule has 6 rings (SSSR count). The van der Waals surface area contributed by atoms with Crippen LogP contribution in [0.15, 0.2) is 94.5 Å². The Hall–Kier alpha value is -5.24. The summed E-state index contributed by atoms with van der Waals surface area (Å²) in [6.07, 6.45) is 1.63. The van der Waals surface area contributed by atoms with Crippen LogP contribution in [-0.2, 0) is 9.59 Å². The van der Waals surface area contributed by atoms with Gasteiger partial charge in [0.1, 0.15) is 0 Å². The minimum absolute atomic E-state index is 0.0500. The average molecular weight is 531 g/mol. The molecule has 0 atom stereocenters. The number of aromatic nitrogens is 2. The van der Waals surface area contributed by atoms with Crippen LogP contribution in [0.3, 0.4) is 0 Å². The number of H-pyrrole nitrogens is 2. The van der Waals surface area contributed by atoms with Crippen molar-refractivity contribution in [2.24, 2.45) is 0 Å². The molecule has 2 heterocycles. The number of amides is 2. The first-order valence-corrected chi connectivity index (χ1v) is 13.2. The zero-order chi connectivity index (χ0) is 27.6. The van der Waals surface area contributed by atoms with Crippen LogP contribution in [0.4, 0.5) is 11.4 Å². The predicted octanol–water partition coefficient (Wildman–Crippen LogP) is 5.81. The minimum Gasteiger partial charge on any atom is -0.354 e. The van der Waals surface area contributed by atoms with E-state index in [0.717, 1.165) is 11.0 Å². The van der Waals surface area contributed by atoms with Gasteiger partial charge in [0, 0.05) is 56.8 Å². The van der Waals surface area contributed by atoms with Gasteiger partial charge in [0.05, 0.1) is 11.0 Å². The van der Waals surface area contributed by atoms with Gasteiger partial charge >= 0.3 is 0 Å². The van der Waals surface area contributed by atoms with Crippen LogP contribution in [0, 0.1) is 0 Å². The fourth-order valence-corrected chi connectivity index (χ4v) is 5.03. The summed E-state index contributed by atoms with van der Waals surface area (Å²) in [4.78, 5) is 57.0. The smallest absolute Gasteiger partial charge is 0.224 e. The number of rotatable bonds is 7. The third kappa shape index (κ3) is 4.94. The number of carbonyl (C=O) groups is 2. The highest BCUT2D eigenvalue weighted by molar-refractivity contribution is 5.98. The zero-order valence-corrected chi connectivity index (χ0v) is 21.5. The Morgan fingerprint density at radius 3 is 1.38 bits per heavy atom. The van der Waals surface area contributed by atoms with Gasteiger partial charge in [0.15, 0.2) is 10.9 Å². The fourth-order valence-electron chi connectivity index (χ4n) is 5.03. The highest BCUT2D eigenvalue weighted by atomic mass is 16.2. The monoisotopic (exact) mass is 530 g/mol. The van der Waals surface area contributed by atoms with Gasteiger partial charge in [-0.2, -0.15) is 0 Å². The number of para-hydroxylation sites is 2. The fraction of sp³-hybridized carbons (Fsp3) is 0.125. The maximum Gasteiger partial charge on any atom is 0.224 e. The summed E-state index contributed by atoms with van der Waals surface area (Å²) in [5.41, 5.74) is 3.90. The van der Waals surface area contributed by atoms with Gasteiger partial charge in [-0.3, -0.25) is 19.2 Å². The molecule has 4 N–H and O–H groups in total. The Bertz CT molecular complexity index is 1910. The van der Waals surface area contributed by atoms with Crippen LogP contribution in [0.2, 0.25) is 0 Å². The summed E-state index contributed by atoms with van der Waals surface area (Å²) in [6, 6.07) is 25.0. The topological polar surface area (TPSA) is 124 Å². The van der Waals surface area contributed by atoms with Crippen molar-refractivity contribution in [3.63, 3.8) is 0 Å². The van der Waals surface area contributed by atoms with Crippen molar-refractivity contribution in [1.82, 2.24) is 9.97 Å². The summed E-state index contributed by atoms with van der Waals surface area (Å²) in [7, 11) is 0. The van der Waals surface area contributed by atoms with Gasteiger partial charge < -0.3 is 20.6 Å². The van der Waals surface area contributed by atoms with Gasteiger partial charge in [0.2, 0.25) is 11.8 Å². The second-order valence-corrected chi connectivity index (χ2v) is 9.82. The number of aromatic amines is 2. The van der Waals surface area contributed by atoms with Crippen LogP contribution in [0.25, 0.3) is 43.6 Å². The Kier molecular flexibility index (Phi) is 6.57. The van der Waals surface area contributed by atoms with Crippen LogP contribution < -0.4 is 21.5 Å². The van der Waals surface area contributed by atoms with E-state index in [4.69, 9.17) is 0 Å². The lowest BCUT2D eigenvalue weighted by Gasteiger charge is -2.09. The van der Waals surface area contributed by atoms with Crippen molar-refractivity contribution in [3.05, 3.63) is 105 Å². The number of hydrogen-bond acceptors (Lipinski definition) is 4. The summed E-state index contributed by atoms with van der Waals surface area (Å²) >= 11 is 0. The van der Waals surface area contributed by atoms with Crippen LogP contribution in [-0.4, -0.2) is 21.8 Å². The van der Waals surface area contributed by atoms with E-state index in [1.165, 1.54) is 0 Å². The van der Waals surface area contributed by atoms with Crippen molar-refractivity contribution < 1.29 is 9.59 Å². The zero-order valence-electron chi connectivity index (χ0n) is 21.5. The molecular weight excluding hydrogens is 504 g/mol. The molecule has 6 aromatic rings. The summed E-state index contributed by atoms with van der Waals surface area (Å²) < 4.78 is 0. The molecule has 2 amide bonds. The van der Waals surface area contributed by atoms with E-state index in [1.807, 2.05) is 36.4 Å². The van der Waals surface area contributed by atoms with E-state index in [-0.39, 0.29) is 35.5 Å². The molecule has 0 aliphatic heterocycles. The summed E-state index contributed by atoms with van der Waals surface area (Å²) in [5.74, 6) is -0.317. The molecule has 0 saturated carbocycles. The molecule has 4 aromatic carbocycles. The van der Waals surface area contributed by atoms with Crippen molar-refractivity contribution in [3.8, 4) is 0 Å². The second-order valence-electron chi connectivity index (χ2n) is 9.82. The van der Waals surface area contributed by atoms with Crippen LogP contribution in [0.1, 0.15) is 25.7 Å². The maximum absolute atomic E-state index is 12.7. The second kappa shape index (κ2) is 10.5. The molecule has 8 heteroatoms. The van der Waals surface area contributed by atoms with E-state index in [0.29, 0.717) is 56.8 Å². The molecule has 198 valence electrons. The van der Waals surface area contributed by atoms with Crippen molar-refractivity contribution in [1.29, 1.82) is 0 Å². The first-order chi connectivity index (χ1) is 19.5. The highest BCUT2D eigenvalue weighted by Crippen LogP contribution is 2.20. The molecule has 8 nitrogen and oxygen atoms in total. The molecule has 0 saturated heterocycles. The molecule has 0 spiro atoms. The van der Waals surface area contributed by atoms with E-state index in [9.17, 15) is 19.2 Å². The van der Waals surface area contributed by atoms with E-state index >= 15 is 0 Å². The lowest BCUT2D eigenvalue weighted by atomic mass is 10.1. The Morgan fingerprint density at radius 2 is 0.925 bits per heavy atom. The van der Waals surface area contributed by atoms with E-state index in [1.54, 1.807) is 48.5 Å². The van der Waals surface area contributed by atoms with Crippen LogP contribution in [0.5, 0.6) is 0 Å². The third-order valence-electron chi connectivity index (χ3n) is 7.04. The Morgan fingerprint density at radius 1 is 0.525 bits per heavy atom. The van der Waals surface area contributed by atoms with Crippen molar-refractivity contribution >= 4 is 66.8 Å². The number of hydrogen-bond donors (Lipinski definition) is 4. The average Bonchev–Trinajstić information content (AvgIpc) is 2.95. The molecule has 0 bridgehead atoms. The maximum atomic E-state index is 12.7. The normalized spacial score (nSPS) is 11.3. The van der Waals surface area contributed by atoms with E-state index in [2.05, 4.69) is 20.6 Å². The summed E-state index contributed by atoms with van der Waals surface area (Å²) in [6.45, 7) is 0. The van der Waals surface area contributed by atoms with Gasteiger partial charge in [0.25, 0.3) is 0 Å². The number of nitrogens with one attached hydrogen (secondary N) is 4. The molecule has 0 fully saturated rings. The molecule has 40 heavy (non-hydrogen) atoms. The lowest BCUT2D eigenvalue weighted by Crippen LogP contribution is -2.14. The van der Waals surface area contributed by atoms with Gasteiger partial charge in [-0.1, -0.05) is 24.3 Å². The first-order valence-electron chi connectivity index (χ1n) is 13.2.